The van der Waals surface area contributed by atoms with Gasteiger partial charge in [0.2, 0.25) is 0 Å². The third-order valence-corrected chi connectivity index (χ3v) is 3.95. The summed E-state index contributed by atoms with van der Waals surface area (Å²) >= 11 is 17.5. The Morgan fingerprint density at radius 1 is 1.08 bits per heavy atom. The van der Waals surface area contributed by atoms with Crippen molar-refractivity contribution in [3.8, 4) is 0 Å². The summed E-state index contributed by atoms with van der Waals surface area (Å²) in [5.74, 6) is -1.54. The Kier molecular flexibility index (Phi) is 6.19. The molecule has 0 heterocycles. The first-order valence-corrected chi connectivity index (χ1v) is 7.77. The second-order valence-corrected chi connectivity index (χ2v) is 5.90. The molecule has 1 N–H and O–H groups in total. The number of esters is 1. The van der Waals surface area contributed by atoms with Crippen molar-refractivity contribution < 1.29 is 19.2 Å². The second-order valence-electron chi connectivity index (χ2n) is 4.68. The molecule has 0 radical (unpaired) electrons. The Morgan fingerprint density at radius 3 is 2.44 bits per heavy atom. The normalized spacial score (nSPS) is 10.2. The van der Waals surface area contributed by atoms with E-state index in [0.717, 1.165) is 6.07 Å². The lowest BCUT2D eigenvalue weighted by Gasteiger charge is -2.09. The summed E-state index contributed by atoms with van der Waals surface area (Å²) in [4.78, 5) is 33.7. The molecule has 0 fully saturated rings. The van der Waals surface area contributed by atoms with Crippen LogP contribution in [0.4, 0.5) is 11.4 Å². The van der Waals surface area contributed by atoms with Gasteiger partial charge in [0, 0.05) is 12.1 Å². The second kappa shape index (κ2) is 8.15. The number of nitrogens with zero attached hydrogens (tertiary/aromatic N) is 1. The quantitative estimate of drug-likeness (QED) is 0.346. The van der Waals surface area contributed by atoms with Crippen molar-refractivity contribution in [2.24, 2.45) is 0 Å². The predicted molar refractivity (Wildman–Crippen MR) is 93.5 cm³/mol. The van der Waals surface area contributed by atoms with E-state index in [1.54, 1.807) is 0 Å². The number of nitrogens with one attached hydrogen (secondary N) is 1. The topological polar surface area (TPSA) is 98.5 Å². The van der Waals surface area contributed by atoms with Gasteiger partial charge in [0.1, 0.15) is 0 Å². The number of rotatable bonds is 5. The van der Waals surface area contributed by atoms with Crippen LogP contribution in [0.25, 0.3) is 0 Å². The molecule has 0 atom stereocenters. The van der Waals surface area contributed by atoms with Crippen LogP contribution in [0, 0.1) is 10.1 Å². The molecule has 0 saturated carbocycles. The van der Waals surface area contributed by atoms with Crippen molar-refractivity contribution >= 4 is 58.1 Å². The van der Waals surface area contributed by atoms with Gasteiger partial charge in [-0.2, -0.15) is 0 Å². The molecule has 130 valence electrons. The van der Waals surface area contributed by atoms with Crippen LogP contribution in [0.1, 0.15) is 10.4 Å². The number of hydrogen-bond donors (Lipinski definition) is 1. The average molecular weight is 404 g/mol. The molecule has 0 aliphatic rings. The molecule has 7 nitrogen and oxygen atoms in total. The number of carbonyl (C=O) groups excluding carboxylic acids is 2. The zero-order chi connectivity index (χ0) is 18.6. The van der Waals surface area contributed by atoms with Crippen LogP contribution in [0.5, 0.6) is 0 Å². The minimum atomic E-state index is -0.876. The van der Waals surface area contributed by atoms with E-state index in [1.807, 2.05) is 0 Å². The standard InChI is InChI=1S/C15H9Cl3N2O5/c16-10-5-12(18)13(6-11(10)17)19-14(21)7-25-15(22)8-2-1-3-9(4-8)20(23)24/h1-6H,7H2,(H,19,21). The summed E-state index contributed by atoms with van der Waals surface area (Å²) in [5, 5.41) is 13.7. The highest BCUT2D eigenvalue weighted by atomic mass is 35.5. The summed E-state index contributed by atoms with van der Waals surface area (Å²) in [6.45, 7) is -0.613. The summed E-state index contributed by atoms with van der Waals surface area (Å²) < 4.78 is 4.81. The number of anilines is 1. The third-order valence-electron chi connectivity index (χ3n) is 2.91. The van der Waals surface area contributed by atoms with Gasteiger partial charge in [0.25, 0.3) is 11.6 Å². The maximum Gasteiger partial charge on any atom is 0.338 e. The van der Waals surface area contributed by atoms with Gasteiger partial charge < -0.3 is 10.1 Å². The van der Waals surface area contributed by atoms with Crippen LogP contribution in [-0.2, 0) is 9.53 Å². The predicted octanol–water partition coefficient (Wildman–Crippen LogP) is 4.35. The van der Waals surface area contributed by atoms with Gasteiger partial charge in [-0.05, 0) is 18.2 Å². The van der Waals surface area contributed by atoms with Crippen LogP contribution in [0.2, 0.25) is 15.1 Å². The van der Waals surface area contributed by atoms with Gasteiger partial charge in [0.05, 0.1) is 31.2 Å². The molecular formula is C15H9Cl3N2O5. The van der Waals surface area contributed by atoms with Gasteiger partial charge in [0.15, 0.2) is 6.61 Å². The molecule has 0 unspecified atom stereocenters. The van der Waals surface area contributed by atoms with Crippen LogP contribution in [0.3, 0.4) is 0 Å². The molecule has 2 aromatic rings. The summed E-state index contributed by atoms with van der Waals surface area (Å²) in [5.41, 5.74) is -0.108. The Hall–Kier alpha value is -2.35. The number of benzene rings is 2. The third kappa shape index (κ3) is 5.06. The number of non-ortho nitro benzene ring substituents is 1. The van der Waals surface area contributed by atoms with Crippen LogP contribution >= 0.6 is 34.8 Å². The maximum absolute atomic E-state index is 11.9. The Balaban J connectivity index is 1.98. The minimum absolute atomic E-state index is 0.0467. The maximum atomic E-state index is 11.9. The monoisotopic (exact) mass is 402 g/mol. The van der Waals surface area contributed by atoms with E-state index in [4.69, 9.17) is 39.5 Å². The number of hydrogen-bond acceptors (Lipinski definition) is 5. The van der Waals surface area contributed by atoms with Crippen molar-refractivity contribution in [2.75, 3.05) is 11.9 Å². The van der Waals surface area contributed by atoms with E-state index in [2.05, 4.69) is 5.32 Å². The first kappa shape index (κ1) is 19.0. The van der Waals surface area contributed by atoms with E-state index in [-0.39, 0.29) is 32.0 Å². The number of carbonyl (C=O) groups is 2. The highest BCUT2D eigenvalue weighted by molar-refractivity contribution is 6.44. The van der Waals surface area contributed by atoms with Crippen molar-refractivity contribution in [1.82, 2.24) is 0 Å². The van der Waals surface area contributed by atoms with E-state index in [9.17, 15) is 19.7 Å². The summed E-state index contributed by atoms with van der Waals surface area (Å²) in [6.07, 6.45) is 0. The van der Waals surface area contributed by atoms with Crippen molar-refractivity contribution in [3.63, 3.8) is 0 Å². The zero-order valence-corrected chi connectivity index (χ0v) is 14.6. The molecule has 0 aliphatic carbocycles. The number of halogens is 3. The fourth-order valence-corrected chi connectivity index (χ4v) is 2.36. The molecule has 1 amide bonds. The molecule has 2 aromatic carbocycles. The molecule has 0 bridgehead atoms. The molecular weight excluding hydrogens is 395 g/mol. The van der Waals surface area contributed by atoms with Crippen molar-refractivity contribution in [3.05, 3.63) is 67.1 Å². The molecule has 2 rings (SSSR count). The van der Waals surface area contributed by atoms with Crippen LogP contribution < -0.4 is 5.32 Å². The molecule has 25 heavy (non-hydrogen) atoms. The SMILES string of the molecule is O=C(COC(=O)c1cccc([N+](=O)[O-])c1)Nc1cc(Cl)c(Cl)cc1Cl. The van der Waals surface area contributed by atoms with Gasteiger partial charge in [-0.25, -0.2) is 4.79 Å². The molecule has 0 aliphatic heterocycles. The smallest absolute Gasteiger partial charge is 0.338 e. The zero-order valence-electron chi connectivity index (χ0n) is 12.3. The lowest BCUT2D eigenvalue weighted by molar-refractivity contribution is -0.384. The molecule has 0 spiro atoms. The van der Waals surface area contributed by atoms with Crippen LogP contribution in [0.15, 0.2) is 36.4 Å². The lowest BCUT2D eigenvalue weighted by Crippen LogP contribution is -2.21. The largest absolute Gasteiger partial charge is 0.452 e. The first-order chi connectivity index (χ1) is 11.8. The number of ether oxygens (including phenoxy) is 1. The van der Waals surface area contributed by atoms with Crippen molar-refractivity contribution in [1.29, 1.82) is 0 Å². The molecule has 0 aromatic heterocycles. The number of amides is 1. The fourth-order valence-electron chi connectivity index (χ4n) is 1.77. The van der Waals surface area contributed by atoms with Gasteiger partial charge in [-0.3, -0.25) is 14.9 Å². The highest BCUT2D eigenvalue weighted by Gasteiger charge is 2.15. The van der Waals surface area contributed by atoms with E-state index < -0.39 is 23.4 Å². The van der Waals surface area contributed by atoms with E-state index >= 15 is 0 Å². The Morgan fingerprint density at radius 2 is 1.76 bits per heavy atom. The van der Waals surface area contributed by atoms with Gasteiger partial charge in [-0.1, -0.05) is 40.9 Å². The average Bonchev–Trinajstić information content (AvgIpc) is 2.57. The first-order valence-electron chi connectivity index (χ1n) is 6.64. The minimum Gasteiger partial charge on any atom is -0.452 e. The Labute approximate surface area is 156 Å². The molecule has 0 saturated heterocycles. The molecule has 10 heteroatoms. The van der Waals surface area contributed by atoms with Gasteiger partial charge in [-0.15, -0.1) is 0 Å². The van der Waals surface area contributed by atoms with Crippen molar-refractivity contribution in [2.45, 2.75) is 0 Å². The summed E-state index contributed by atoms with van der Waals surface area (Å²) in [6, 6.07) is 7.67. The summed E-state index contributed by atoms with van der Waals surface area (Å²) in [7, 11) is 0. The lowest BCUT2D eigenvalue weighted by atomic mass is 10.2. The highest BCUT2D eigenvalue weighted by Crippen LogP contribution is 2.32. The van der Waals surface area contributed by atoms with Crippen LogP contribution in [-0.4, -0.2) is 23.4 Å². The van der Waals surface area contributed by atoms with E-state index in [1.165, 1.54) is 30.3 Å². The Bertz CT molecular complexity index is 857. The van der Waals surface area contributed by atoms with E-state index in [0.29, 0.717) is 0 Å². The van der Waals surface area contributed by atoms with Gasteiger partial charge >= 0.3 is 5.97 Å². The fraction of sp³-hybridized carbons (Fsp3) is 0.0667. The number of nitro groups is 1. The number of nitro benzene ring substituents is 1.